The predicted molar refractivity (Wildman–Crippen MR) is 221 cm³/mol. The molecule has 0 atom stereocenters. The fourth-order valence-corrected chi connectivity index (χ4v) is 7.93. The SMILES string of the molecule is c1ccc(-c2nc(-c3cc(-c4cccc5c4oc4ccccc45)cc(-c4cccc5c4oc4ccccc45)c3)cc(-c3cccc4ccccc34)n2)cc1. The van der Waals surface area contributed by atoms with Crippen LogP contribution in [-0.4, -0.2) is 9.97 Å². The Labute approximate surface area is 310 Å². The van der Waals surface area contributed by atoms with Gasteiger partial charge in [-0.2, -0.15) is 0 Å². The van der Waals surface area contributed by atoms with Gasteiger partial charge >= 0.3 is 0 Å². The molecule has 3 heterocycles. The zero-order valence-electron chi connectivity index (χ0n) is 29.0. The fourth-order valence-electron chi connectivity index (χ4n) is 7.93. The highest BCUT2D eigenvalue weighted by molar-refractivity contribution is 6.12. The van der Waals surface area contributed by atoms with Crippen molar-refractivity contribution < 1.29 is 8.83 Å². The third-order valence-corrected chi connectivity index (χ3v) is 10.5. The highest BCUT2D eigenvalue weighted by Gasteiger charge is 2.19. The monoisotopic (exact) mass is 690 g/mol. The zero-order chi connectivity index (χ0) is 35.6. The van der Waals surface area contributed by atoms with Crippen LogP contribution >= 0.6 is 0 Å². The van der Waals surface area contributed by atoms with Crippen LogP contribution in [0.1, 0.15) is 0 Å². The summed E-state index contributed by atoms with van der Waals surface area (Å²) in [6.07, 6.45) is 0. The first-order valence-electron chi connectivity index (χ1n) is 18.1. The third-order valence-electron chi connectivity index (χ3n) is 10.5. The van der Waals surface area contributed by atoms with Crippen LogP contribution in [-0.2, 0) is 0 Å². The predicted octanol–water partition coefficient (Wildman–Crippen LogP) is 13.8. The topological polar surface area (TPSA) is 52.1 Å². The van der Waals surface area contributed by atoms with Gasteiger partial charge in [0.2, 0.25) is 0 Å². The molecule has 252 valence electrons. The van der Waals surface area contributed by atoms with Gasteiger partial charge in [-0.25, -0.2) is 9.97 Å². The van der Waals surface area contributed by atoms with Gasteiger partial charge in [0, 0.05) is 49.4 Å². The van der Waals surface area contributed by atoms with E-state index in [1.54, 1.807) is 0 Å². The molecule has 0 aliphatic rings. The average molecular weight is 691 g/mol. The molecule has 0 fully saturated rings. The van der Waals surface area contributed by atoms with Crippen molar-refractivity contribution in [1.82, 2.24) is 9.97 Å². The first-order valence-corrected chi connectivity index (χ1v) is 18.1. The molecule has 3 aromatic heterocycles. The van der Waals surface area contributed by atoms with Crippen molar-refractivity contribution >= 4 is 54.6 Å². The van der Waals surface area contributed by atoms with Crippen LogP contribution in [0, 0.1) is 0 Å². The molecule has 8 aromatic carbocycles. The van der Waals surface area contributed by atoms with Crippen molar-refractivity contribution in [3.8, 4) is 56.2 Å². The van der Waals surface area contributed by atoms with Crippen LogP contribution in [0.25, 0.3) is 111 Å². The first-order chi connectivity index (χ1) is 26.7. The number of fused-ring (bicyclic) bond motifs is 7. The van der Waals surface area contributed by atoms with E-state index in [4.69, 9.17) is 18.8 Å². The molecule has 0 saturated heterocycles. The summed E-state index contributed by atoms with van der Waals surface area (Å²) in [7, 11) is 0. The van der Waals surface area contributed by atoms with Gasteiger partial charge < -0.3 is 8.83 Å². The summed E-state index contributed by atoms with van der Waals surface area (Å²) < 4.78 is 13.2. The van der Waals surface area contributed by atoms with Gasteiger partial charge in [0.25, 0.3) is 0 Å². The molecule has 0 aliphatic carbocycles. The Hall–Kier alpha value is -7.30. The summed E-state index contributed by atoms with van der Waals surface area (Å²) in [5, 5.41) is 6.67. The van der Waals surface area contributed by atoms with Gasteiger partial charge in [-0.3, -0.25) is 0 Å². The van der Waals surface area contributed by atoms with E-state index in [0.29, 0.717) is 5.82 Å². The summed E-state index contributed by atoms with van der Waals surface area (Å²) in [4.78, 5) is 10.5. The van der Waals surface area contributed by atoms with Crippen molar-refractivity contribution in [1.29, 1.82) is 0 Å². The second-order valence-corrected chi connectivity index (χ2v) is 13.7. The first kappa shape index (κ1) is 30.3. The van der Waals surface area contributed by atoms with E-state index in [1.807, 2.05) is 42.5 Å². The van der Waals surface area contributed by atoms with E-state index in [0.717, 1.165) is 99.6 Å². The van der Waals surface area contributed by atoms with Crippen molar-refractivity contribution in [2.45, 2.75) is 0 Å². The summed E-state index contributed by atoms with van der Waals surface area (Å²) in [6.45, 7) is 0. The van der Waals surface area contributed by atoms with Crippen LogP contribution in [0.3, 0.4) is 0 Å². The van der Waals surface area contributed by atoms with Crippen molar-refractivity contribution in [3.63, 3.8) is 0 Å². The number of furan rings is 2. The highest BCUT2D eigenvalue weighted by Crippen LogP contribution is 2.42. The van der Waals surface area contributed by atoms with Crippen LogP contribution in [0.5, 0.6) is 0 Å². The Bertz CT molecular complexity index is 3090. The minimum atomic E-state index is 0.668. The number of rotatable bonds is 5. The molecule has 54 heavy (non-hydrogen) atoms. The quantitative estimate of drug-likeness (QED) is 0.180. The third kappa shape index (κ3) is 4.92. The molecule has 0 unspecified atom stereocenters. The maximum atomic E-state index is 6.59. The number of hydrogen-bond donors (Lipinski definition) is 0. The molecular formula is C50H30N2O2. The number of para-hydroxylation sites is 4. The van der Waals surface area contributed by atoms with Gasteiger partial charge in [-0.15, -0.1) is 0 Å². The second kappa shape index (κ2) is 12.1. The number of hydrogen-bond acceptors (Lipinski definition) is 4. The van der Waals surface area contributed by atoms with E-state index in [-0.39, 0.29) is 0 Å². The smallest absolute Gasteiger partial charge is 0.160 e. The fraction of sp³-hybridized carbons (Fsp3) is 0. The summed E-state index contributed by atoms with van der Waals surface area (Å²) in [6, 6.07) is 63.2. The molecule has 4 heteroatoms. The molecule has 11 rings (SSSR count). The maximum absolute atomic E-state index is 6.59. The minimum Gasteiger partial charge on any atom is -0.455 e. The molecular weight excluding hydrogens is 661 g/mol. The standard InChI is InChI=1S/C50H30N2O2/c1-2-14-32(15-3-1)50-51-44(30-45(52-50)39-22-10-16-31-13-4-5-17-36(31)39)35-28-33(37-20-11-23-42-40-18-6-8-25-46(40)53-48(37)42)27-34(29-35)38-21-12-24-43-41-19-7-9-26-47(41)54-49(38)43/h1-30H. The lowest BCUT2D eigenvalue weighted by Crippen LogP contribution is -1.97. The maximum Gasteiger partial charge on any atom is 0.160 e. The van der Waals surface area contributed by atoms with Crippen molar-refractivity contribution in [2.75, 3.05) is 0 Å². The van der Waals surface area contributed by atoms with E-state index < -0.39 is 0 Å². The van der Waals surface area contributed by atoms with E-state index in [1.165, 1.54) is 5.39 Å². The highest BCUT2D eigenvalue weighted by atomic mass is 16.3. The normalized spacial score (nSPS) is 11.7. The Balaban J connectivity index is 1.20. The molecule has 0 radical (unpaired) electrons. The van der Waals surface area contributed by atoms with E-state index in [2.05, 4.69) is 140 Å². The van der Waals surface area contributed by atoms with E-state index in [9.17, 15) is 0 Å². The largest absolute Gasteiger partial charge is 0.455 e. The Morgan fingerprint density at radius 3 is 1.46 bits per heavy atom. The van der Waals surface area contributed by atoms with Gasteiger partial charge in [0.05, 0.1) is 11.4 Å². The summed E-state index contributed by atoms with van der Waals surface area (Å²) >= 11 is 0. The molecule has 0 saturated carbocycles. The summed E-state index contributed by atoms with van der Waals surface area (Å²) in [5.74, 6) is 0.668. The molecule has 0 amide bonds. The van der Waals surface area contributed by atoms with Crippen molar-refractivity contribution in [2.24, 2.45) is 0 Å². The lowest BCUT2D eigenvalue weighted by atomic mass is 9.92. The molecule has 4 nitrogen and oxygen atoms in total. The Kier molecular flexibility index (Phi) is 6.82. The molecule has 0 spiro atoms. The second-order valence-electron chi connectivity index (χ2n) is 13.7. The van der Waals surface area contributed by atoms with Gasteiger partial charge in [-0.05, 0) is 58.3 Å². The van der Waals surface area contributed by atoms with Crippen LogP contribution in [0.2, 0.25) is 0 Å². The van der Waals surface area contributed by atoms with Gasteiger partial charge in [0.1, 0.15) is 22.3 Å². The van der Waals surface area contributed by atoms with Crippen LogP contribution < -0.4 is 0 Å². The van der Waals surface area contributed by atoms with Crippen molar-refractivity contribution in [3.05, 3.63) is 182 Å². The van der Waals surface area contributed by atoms with Gasteiger partial charge in [0.15, 0.2) is 5.82 Å². The average Bonchev–Trinajstić information content (AvgIpc) is 3.82. The number of benzene rings is 8. The Morgan fingerprint density at radius 1 is 0.315 bits per heavy atom. The molecule has 0 N–H and O–H groups in total. The summed E-state index contributed by atoms with van der Waals surface area (Å²) in [5.41, 5.74) is 12.2. The van der Waals surface area contributed by atoms with Gasteiger partial charge in [-0.1, -0.05) is 146 Å². The minimum absolute atomic E-state index is 0.668. The zero-order valence-corrected chi connectivity index (χ0v) is 29.0. The lowest BCUT2D eigenvalue weighted by molar-refractivity contribution is 0.670. The van der Waals surface area contributed by atoms with Crippen LogP contribution in [0.4, 0.5) is 0 Å². The van der Waals surface area contributed by atoms with E-state index >= 15 is 0 Å². The molecule has 0 aliphatic heterocycles. The number of nitrogens with zero attached hydrogens (tertiary/aromatic N) is 2. The molecule has 11 aromatic rings. The lowest BCUT2D eigenvalue weighted by Gasteiger charge is -2.14. The Morgan fingerprint density at radius 2 is 0.796 bits per heavy atom. The molecule has 0 bridgehead atoms. The number of aromatic nitrogens is 2. The van der Waals surface area contributed by atoms with Crippen LogP contribution in [0.15, 0.2) is 191 Å².